The van der Waals surface area contributed by atoms with E-state index in [4.69, 9.17) is 0 Å². The van der Waals surface area contributed by atoms with Crippen molar-refractivity contribution in [3.8, 4) is 6.07 Å². The average molecular weight is 295 g/mol. The number of nitrogens with one attached hydrogen (secondary N) is 1. The molecule has 20 heavy (non-hydrogen) atoms. The molecule has 0 aliphatic heterocycles. The van der Waals surface area contributed by atoms with Gasteiger partial charge in [0.1, 0.15) is 5.54 Å². The summed E-state index contributed by atoms with van der Waals surface area (Å²) in [5.41, 5.74) is -0.674. The quantitative estimate of drug-likeness (QED) is 0.814. The summed E-state index contributed by atoms with van der Waals surface area (Å²) >= 11 is 1.90. The number of amides is 1. The van der Waals surface area contributed by atoms with Crippen LogP contribution in [0.5, 0.6) is 0 Å². The van der Waals surface area contributed by atoms with Gasteiger partial charge in [-0.25, -0.2) is 0 Å². The van der Waals surface area contributed by atoms with Gasteiger partial charge in [0.25, 0.3) is 0 Å². The van der Waals surface area contributed by atoms with Crippen molar-refractivity contribution >= 4 is 17.7 Å². The Bertz CT molecular complexity index is 404. The Morgan fingerprint density at radius 2 is 2.15 bits per heavy atom. The number of carbonyl (C=O) groups excluding carboxylic acids is 1. The van der Waals surface area contributed by atoms with Crippen LogP contribution in [0.1, 0.15) is 39.0 Å². The maximum absolute atomic E-state index is 12.2. The maximum atomic E-state index is 12.2. The minimum Gasteiger partial charge on any atom is -0.337 e. The summed E-state index contributed by atoms with van der Waals surface area (Å²) in [6.45, 7) is 2.24. The topological polar surface area (TPSA) is 56.1 Å². The van der Waals surface area contributed by atoms with Crippen LogP contribution in [0.25, 0.3) is 0 Å². The molecule has 2 aliphatic carbocycles. The number of nitriles is 1. The summed E-state index contributed by atoms with van der Waals surface area (Å²) in [5, 5.41) is 12.9. The predicted octanol–water partition coefficient (Wildman–Crippen LogP) is 2.01. The molecule has 3 atom stereocenters. The van der Waals surface area contributed by atoms with E-state index in [0.717, 1.165) is 12.8 Å². The third-order valence-electron chi connectivity index (χ3n) is 4.70. The molecule has 2 fully saturated rings. The SMILES string of the molecule is CS[C@@H]1CCC[C@@H]1N(C)CC(=O)N[C@](C)(C#N)C1CC1. The molecule has 5 heteroatoms. The molecule has 0 unspecified atom stereocenters. The monoisotopic (exact) mass is 295 g/mol. The Morgan fingerprint density at radius 1 is 1.45 bits per heavy atom. The van der Waals surface area contributed by atoms with Crippen molar-refractivity contribution in [1.29, 1.82) is 5.26 Å². The van der Waals surface area contributed by atoms with Crippen LogP contribution < -0.4 is 5.32 Å². The Labute approximate surface area is 126 Å². The first kappa shape index (κ1) is 15.7. The average Bonchev–Trinajstić information content (AvgIpc) is 3.16. The van der Waals surface area contributed by atoms with Gasteiger partial charge in [0, 0.05) is 11.3 Å². The van der Waals surface area contributed by atoms with Crippen molar-refractivity contribution in [2.45, 2.75) is 55.9 Å². The molecular weight excluding hydrogens is 270 g/mol. The number of likely N-dealkylation sites (N-methyl/N-ethyl adjacent to an activating group) is 1. The second kappa shape index (κ2) is 6.36. The lowest BCUT2D eigenvalue weighted by Gasteiger charge is -2.30. The van der Waals surface area contributed by atoms with Gasteiger partial charge < -0.3 is 5.32 Å². The van der Waals surface area contributed by atoms with Crippen molar-refractivity contribution in [1.82, 2.24) is 10.2 Å². The highest BCUT2D eigenvalue weighted by atomic mass is 32.2. The van der Waals surface area contributed by atoms with Gasteiger partial charge in [0.05, 0.1) is 12.6 Å². The fraction of sp³-hybridized carbons (Fsp3) is 0.867. The third-order valence-corrected chi connectivity index (χ3v) is 5.86. The Hall–Kier alpha value is -0.730. The van der Waals surface area contributed by atoms with Crippen molar-refractivity contribution in [2.75, 3.05) is 19.8 Å². The third kappa shape index (κ3) is 3.48. The number of rotatable bonds is 6. The van der Waals surface area contributed by atoms with E-state index >= 15 is 0 Å². The van der Waals surface area contributed by atoms with Gasteiger partial charge >= 0.3 is 0 Å². The predicted molar refractivity (Wildman–Crippen MR) is 82.5 cm³/mol. The van der Waals surface area contributed by atoms with E-state index < -0.39 is 5.54 Å². The van der Waals surface area contributed by atoms with Gasteiger partial charge in [0.2, 0.25) is 5.91 Å². The molecule has 2 rings (SSSR count). The van der Waals surface area contributed by atoms with Crippen molar-refractivity contribution in [3.63, 3.8) is 0 Å². The lowest BCUT2D eigenvalue weighted by Crippen LogP contribution is -2.51. The first-order valence-corrected chi connectivity index (χ1v) is 8.74. The summed E-state index contributed by atoms with van der Waals surface area (Å²) in [5.74, 6) is 0.322. The van der Waals surface area contributed by atoms with Crippen molar-refractivity contribution in [2.24, 2.45) is 5.92 Å². The summed E-state index contributed by atoms with van der Waals surface area (Å²) in [6, 6.07) is 2.77. The zero-order valence-electron chi connectivity index (χ0n) is 12.7. The summed E-state index contributed by atoms with van der Waals surface area (Å²) in [7, 11) is 2.03. The lowest BCUT2D eigenvalue weighted by molar-refractivity contribution is -0.123. The van der Waals surface area contributed by atoms with Gasteiger partial charge in [-0.1, -0.05) is 6.42 Å². The first-order valence-electron chi connectivity index (χ1n) is 7.45. The molecule has 0 aromatic rings. The molecule has 0 aromatic heterocycles. The standard InChI is InChI=1S/C15H25N3OS/c1-15(10-16,11-7-8-11)17-14(19)9-18(2)12-5-4-6-13(12)20-3/h11-13H,4-9H2,1-3H3,(H,17,19)/t12-,13+,15+/m0/s1. The number of hydrogen-bond donors (Lipinski definition) is 1. The zero-order valence-corrected chi connectivity index (χ0v) is 13.5. The van der Waals surface area contributed by atoms with Crippen LogP contribution in [0, 0.1) is 17.2 Å². The normalized spacial score (nSPS) is 28.9. The van der Waals surface area contributed by atoms with Crippen LogP contribution in [-0.2, 0) is 4.79 Å². The molecule has 1 amide bonds. The van der Waals surface area contributed by atoms with Crippen molar-refractivity contribution < 1.29 is 4.79 Å². The van der Waals surface area contributed by atoms with Gasteiger partial charge in [-0.05, 0) is 51.8 Å². The molecule has 112 valence electrons. The van der Waals surface area contributed by atoms with Crippen LogP contribution in [0.2, 0.25) is 0 Å². The van der Waals surface area contributed by atoms with Crippen molar-refractivity contribution in [3.05, 3.63) is 0 Å². The second-order valence-electron chi connectivity index (χ2n) is 6.32. The van der Waals surface area contributed by atoms with Crippen LogP contribution in [-0.4, -0.2) is 47.5 Å². The first-order chi connectivity index (χ1) is 9.50. The van der Waals surface area contributed by atoms with Crippen LogP contribution >= 0.6 is 11.8 Å². The minimum absolute atomic E-state index is 0.0183. The number of nitrogens with zero attached hydrogens (tertiary/aromatic N) is 2. The number of hydrogen-bond acceptors (Lipinski definition) is 4. The molecule has 0 aromatic carbocycles. The van der Waals surface area contributed by atoms with E-state index in [1.807, 2.05) is 25.7 Å². The Balaban J connectivity index is 1.86. The molecule has 0 bridgehead atoms. The fourth-order valence-electron chi connectivity index (χ4n) is 3.24. The fourth-order valence-corrected chi connectivity index (χ4v) is 4.30. The highest BCUT2D eigenvalue weighted by molar-refractivity contribution is 7.99. The Kier molecular flexibility index (Phi) is 4.98. The van der Waals surface area contributed by atoms with Gasteiger partial charge in [-0.2, -0.15) is 17.0 Å². The molecule has 4 nitrogen and oxygen atoms in total. The summed E-state index contributed by atoms with van der Waals surface area (Å²) < 4.78 is 0. The maximum Gasteiger partial charge on any atom is 0.235 e. The van der Waals surface area contributed by atoms with E-state index in [1.165, 1.54) is 19.3 Å². The van der Waals surface area contributed by atoms with E-state index in [2.05, 4.69) is 22.5 Å². The largest absolute Gasteiger partial charge is 0.337 e. The smallest absolute Gasteiger partial charge is 0.235 e. The van der Waals surface area contributed by atoms with Gasteiger partial charge in [0.15, 0.2) is 0 Å². The second-order valence-corrected chi connectivity index (χ2v) is 7.40. The van der Waals surface area contributed by atoms with Gasteiger partial charge in [-0.3, -0.25) is 9.69 Å². The molecule has 0 radical (unpaired) electrons. The molecule has 1 N–H and O–H groups in total. The van der Waals surface area contributed by atoms with E-state index in [9.17, 15) is 10.1 Å². The zero-order chi connectivity index (χ0) is 14.8. The number of thioether (sulfide) groups is 1. The molecular formula is C15H25N3OS. The molecule has 0 spiro atoms. The van der Waals surface area contributed by atoms with Crippen LogP contribution in [0.4, 0.5) is 0 Å². The van der Waals surface area contributed by atoms with E-state index in [0.29, 0.717) is 23.8 Å². The molecule has 2 aliphatic rings. The highest BCUT2D eigenvalue weighted by Crippen LogP contribution is 2.39. The lowest BCUT2D eigenvalue weighted by atomic mass is 9.98. The molecule has 0 heterocycles. The van der Waals surface area contributed by atoms with E-state index in [-0.39, 0.29) is 5.91 Å². The number of carbonyl (C=O) groups is 1. The highest BCUT2D eigenvalue weighted by Gasteiger charge is 2.43. The van der Waals surface area contributed by atoms with Gasteiger partial charge in [-0.15, -0.1) is 0 Å². The molecule has 0 saturated heterocycles. The Morgan fingerprint density at radius 3 is 2.70 bits per heavy atom. The van der Waals surface area contributed by atoms with Crippen LogP contribution in [0.15, 0.2) is 0 Å². The molecule has 2 saturated carbocycles. The summed E-state index contributed by atoms with van der Waals surface area (Å²) in [4.78, 5) is 14.4. The minimum atomic E-state index is -0.674. The van der Waals surface area contributed by atoms with Crippen LogP contribution in [0.3, 0.4) is 0 Å². The summed E-state index contributed by atoms with van der Waals surface area (Å²) in [6.07, 6.45) is 7.93. The van der Waals surface area contributed by atoms with E-state index in [1.54, 1.807) is 0 Å².